The molecular formula is C24H25ClN4O2. The topological polar surface area (TPSA) is 61.4 Å². The van der Waals surface area contributed by atoms with Crippen molar-refractivity contribution in [1.82, 2.24) is 19.2 Å². The molecule has 1 aromatic carbocycles. The lowest BCUT2D eigenvalue weighted by atomic mass is 9.85. The van der Waals surface area contributed by atoms with E-state index < -0.39 is 0 Å². The molecule has 0 aliphatic heterocycles. The van der Waals surface area contributed by atoms with Gasteiger partial charge in [-0.25, -0.2) is 9.50 Å². The molecule has 0 spiro atoms. The van der Waals surface area contributed by atoms with Gasteiger partial charge < -0.3 is 9.30 Å². The van der Waals surface area contributed by atoms with Gasteiger partial charge in [-0.05, 0) is 42.5 Å². The second-order valence-electron chi connectivity index (χ2n) is 8.41. The standard InChI is InChI=1S/C24H25ClN4O2/c1-15-5-3-4-6-20(15)28-12-11-21-18(24(28)30)13-26-23-22(16-7-9-17(25)10-8-16)19(14-31-2)27-29(21)23/h7-13,15,20H,3-6,14H2,1-2H3. The van der Waals surface area contributed by atoms with Crippen LogP contribution in [0.1, 0.15) is 44.3 Å². The molecular weight excluding hydrogens is 412 g/mol. The van der Waals surface area contributed by atoms with E-state index in [1.807, 2.05) is 41.1 Å². The minimum atomic E-state index is 0.00230. The molecule has 0 amide bonds. The summed E-state index contributed by atoms with van der Waals surface area (Å²) in [5.74, 6) is 0.495. The summed E-state index contributed by atoms with van der Waals surface area (Å²) in [6.45, 7) is 2.59. The van der Waals surface area contributed by atoms with Crippen LogP contribution >= 0.6 is 11.6 Å². The van der Waals surface area contributed by atoms with E-state index in [0.717, 1.165) is 35.2 Å². The molecule has 4 aromatic rings. The van der Waals surface area contributed by atoms with E-state index in [9.17, 15) is 4.79 Å². The first-order chi connectivity index (χ1) is 15.1. The molecule has 1 saturated carbocycles. The van der Waals surface area contributed by atoms with Crippen molar-refractivity contribution >= 4 is 28.2 Å². The SMILES string of the molecule is COCc1nn2c(ncc3c(=O)n(C4CCCCC4C)ccc32)c1-c1ccc(Cl)cc1. The van der Waals surface area contributed by atoms with Crippen LogP contribution in [0.2, 0.25) is 5.02 Å². The van der Waals surface area contributed by atoms with E-state index in [1.165, 1.54) is 12.8 Å². The number of aromatic nitrogens is 4. The summed E-state index contributed by atoms with van der Waals surface area (Å²) in [5, 5.41) is 6.03. The quantitative estimate of drug-likeness (QED) is 0.437. The first-order valence-electron chi connectivity index (χ1n) is 10.7. The van der Waals surface area contributed by atoms with Crippen LogP contribution in [0.4, 0.5) is 0 Å². The van der Waals surface area contributed by atoms with Gasteiger partial charge in [0.05, 0.1) is 28.8 Å². The first kappa shape index (κ1) is 20.2. The lowest BCUT2D eigenvalue weighted by Gasteiger charge is -2.30. The van der Waals surface area contributed by atoms with Gasteiger partial charge in [0, 0.05) is 30.6 Å². The highest BCUT2D eigenvalue weighted by molar-refractivity contribution is 6.30. The molecule has 1 aliphatic rings. The van der Waals surface area contributed by atoms with Gasteiger partial charge in [0.1, 0.15) is 0 Å². The highest BCUT2D eigenvalue weighted by Gasteiger charge is 2.25. The van der Waals surface area contributed by atoms with Crippen molar-refractivity contribution in [3.05, 3.63) is 63.8 Å². The fourth-order valence-corrected chi connectivity index (χ4v) is 4.98. The zero-order valence-corrected chi connectivity index (χ0v) is 18.5. The molecule has 31 heavy (non-hydrogen) atoms. The van der Waals surface area contributed by atoms with E-state index in [0.29, 0.717) is 28.6 Å². The van der Waals surface area contributed by atoms with Crippen LogP contribution in [0.5, 0.6) is 0 Å². The molecule has 0 saturated heterocycles. The number of rotatable bonds is 4. The van der Waals surface area contributed by atoms with Crippen LogP contribution in [0.25, 0.3) is 27.7 Å². The number of ether oxygens (including phenoxy) is 1. The van der Waals surface area contributed by atoms with Crippen molar-refractivity contribution in [2.75, 3.05) is 7.11 Å². The number of hydrogen-bond donors (Lipinski definition) is 0. The van der Waals surface area contributed by atoms with Gasteiger partial charge in [-0.3, -0.25) is 4.79 Å². The minimum absolute atomic E-state index is 0.00230. The van der Waals surface area contributed by atoms with Gasteiger partial charge in [-0.15, -0.1) is 0 Å². The lowest BCUT2D eigenvalue weighted by molar-refractivity contribution is 0.181. The number of methoxy groups -OCH3 is 1. The Labute approximate surface area is 185 Å². The van der Waals surface area contributed by atoms with Crippen molar-refractivity contribution in [2.24, 2.45) is 5.92 Å². The molecule has 3 aromatic heterocycles. The summed E-state index contributed by atoms with van der Waals surface area (Å²) in [6, 6.07) is 9.83. The predicted octanol–water partition coefficient (Wildman–Crippen LogP) is 5.26. The Bertz CT molecular complexity index is 1310. The van der Waals surface area contributed by atoms with Crippen LogP contribution < -0.4 is 5.56 Å². The Hall–Kier alpha value is -2.70. The summed E-state index contributed by atoms with van der Waals surface area (Å²) in [7, 11) is 1.64. The summed E-state index contributed by atoms with van der Waals surface area (Å²) in [6.07, 6.45) is 8.23. The average Bonchev–Trinajstić information content (AvgIpc) is 3.14. The molecule has 5 rings (SSSR count). The van der Waals surface area contributed by atoms with Gasteiger partial charge in [0.25, 0.3) is 5.56 Å². The molecule has 1 aliphatic carbocycles. The highest BCUT2D eigenvalue weighted by atomic mass is 35.5. The Morgan fingerprint density at radius 2 is 1.94 bits per heavy atom. The Morgan fingerprint density at radius 3 is 2.68 bits per heavy atom. The molecule has 6 nitrogen and oxygen atoms in total. The third kappa shape index (κ3) is 3.44. The third-order valence-corrected chi connectivity index (χ3v) is 6.70. The number of halogens is 1. The van der Waals surface area contributed by atoms with Gasteiger partial charge >= 0.3 is 0 Å². The van der Waals surface area contributed by atoms with Crippen LogP contribution in [-0.2, 0) is 11.3 Å². The summed E-state index contributed by atoms with van der Waals surface area (Å²) in [4.78, 5) is 18.1. The third-order valence-electron chi connectivity index (χ3n) is 6.45. The van der Waals surface area contributed by atoms with E-state index in [4.69, 9.17) is 21.4 Å². The number of fused-ring (bicyclic) bond motifs is 3. The molecule has 160 valence electrons. The smallest absolute Gasteiger partial charge is 0.261 e. The number of benzene rings is 1. The summed E-state index contributed by atoms with van der Waals surface area (Å²) in [5.41, 5.74) is 4.09. The Morgan fingerprint density at radius 1 is 1.16 bits per heavy atom. The van der Waals surface area contributed by atoms with Gasteiger partial charge in [-0.2, -0.15) is 5.10 Å². The number of hydrogen-bond acceptors (Lipinski definition) is 4. The predicted molar refractivity (Wildman–Crippen MR) is 123 cm³/mol. The fourth-order valence-electron chi connectivity index (χ4n) is 4.85. The summed E-state index contributed by atoms with van der Waals surface area (Å²) >= 11 is 6.08. The normalized spacial score (nSPS) is 19.3. The van der Waals surface area contributed by atoms with Crippen molar-refractivity contribution in [3.8, 4) is 11.1 Å². The largest absolute Gasteiger partial charge is 0.378 e. The van der Waals surface area contributed by atoms with Crippen molar-refractivity contribution in [3.63, 3.8) is 0 Å². The number of nitrogens with zero attached hydrogens (tertiary/aromatic N) is 4. The monoisotopic (exact) mass is 436 g/mol. The Balaban J connectivity index is 1.71. The van der Waals surface area contributed by atoms with Crippen LogP contribution in [0.15, 0.2) is 47.5 Å². The molecule has 0 N–H and O–H groups in total. The molecule has 7 heteroatoms. The maximum atomic E-state index is 13.4. The average molecular weight is 437 g/mol. The molecule has 0 bridgehead atoms. The van der Waals surface area contributed by atoms with E-state index >= 15 is 0 Å². The molecule has 3 heterocycles. The number of pyridine rings is 1. The zero-order chi connectivity index (χ0) is 21.5. The van der Waals surface area contributed by atoms with E-state index in [2.05, 4.69) is 11.9 Å². The molecule has 1 fully saturated rings. The van der Waals surface area contributed by atoms with Gasteiger partial charge in [-0.1, -0.05) is 43.5 Å². The molecule has 2 unspecified atom stereocenters. The fraction of sp³-hybridized carbons (Fsp3) is 0.375. The minimum Gasteiger partial charge on any atom is -0.378 e. The van der Waals surface area contributed by atoms with Crippen LogP contribution in [-0.4, -0.2) is 26.3 Å². The second kappa shape index (κ2) is 8.09. The van der Waals surface area contributed by atoms with Gasteiger partial charge in [0.15, 0.2) is 5.65 Å². The van der Waals surface area contributed by atoms with Crippen molar-refractivity contribution in [1.29, 1.82) is 0 Å². The molecule has 0 radical (unpaired) electrons. The van der Waals surface area contributed by atoms with Crippen molar-refractivity contribution in [2.45, 2.75) is 45.3 Å². The zero-order valence-electron chi connectivity index (χ0n) is 17.7. The van der Waals surface area contributed by atoms with E-state index in [1.54, 1.807) is 17.8 Å². The van der Waals surface area contributed by atoms with Crippen LogP contribution in [0, 0.1) is 5.92 Å². The first-order valence-corrected chi connectivity index (χ1v) is 11.1. The van der Waals surface area contributed by atoms with Crippen molar-refractivity contribution < 1.29 is 4.74 Å². The van der Waals surface area contributed by atoms with Crippen LogP contribution in [0.3, 0.4) is 0 Å². The lowest BCUT2D eigenvalue weighted by Crippen LogP contribution is -2.30. The molecule has 2 atom stereocenters. The highest BCUT2D eigenvalue weighted by Crippen LogP contribution is 2.34. The maximum absolute atomic E-state index is 13.4. The second-order valence-corrected chi connectivity index (χ2v) is 8.85. The van der Waals surface area contributed by atoms with Gasteiger partial charge in [0.2, 0.25) is 0 Å². The maximum Gasteiger partial charge on any atom is 0.261 e. The Kier molecular flexibility index (Phi) is 5.28. The summed E-state index contributed by atoms with van der Waals surface area (Å²) < 4.78 is 9.06. The van der Waals surface area contributed by atoms with E-state index in [-0.39, 0.29) is 11.6 Å².